The first-order valence-electron chi connectivity index (χ1n) is 7.52. The molecule has 2 fully saturated rings. The summed E-state index contributed by atoms with van der Waals surface area (Å²) in [5.41, 5.74) is -0.825. The number of morpholine rings is 1. The van der Waals surface area contributed by atoms with Gasteiger partial charge in [-0.3, -0.25) is 14.4 Å². The maximum atomic E-state index is 12.3. The Labute approximate surface area is 134 Å². The van der Waals surface area contributed by atoms with Crippen LogP contribution in [0.5, 0.6) is 0 Å². The van der Waals surface area contributed by atoms with Crippen molar-refractivity contribution < 1.29 is 14.6 Å². The maximum absolute atomic E-state index is 12.3. The Kier molecular flexibility index (Phi) is 4.67. The van der Waals surface area contributed by atoms with Gasteiger partial charge in [0.05, 0.1) is 36.6 Å². The molecule has 2 aliphatic rings. The summed E-state index contributed by atoms with van der Waals surface area (Å²) in [5, 5.41) is 15.2. The molecule has 122 valence electrons. The molecule has 3 heterocycles. The Morgan fingerprint density at radius 3 is 2.86 bits per heavy atom. The molecule has 22 heavy (non-hydrogen) atoms. The molecule has 0 spiro atoms. The van der Waals surface area contributed by atoms with Crippen LogP contribution < -0.4 is 0 Å². The fourth-order valence-corrected chi connectivity index (χ4v) is 3.19. The molecule has 1 unspecified atom stereocenters. The van der Waals surface area contributed by atoms with Crippen molar-refractivity contribution in [2.24, 2.45) is 0 Å². The summed E-state index contributed by atoms with van der Waals surface area (Å²) >= 11 is 5.79. The van der Waals surface area contributed by atoms with E-state index in [2.05, 4.69) is 10.00 Å². The van der Waals surface area contributed by atoms with Gasteiger partial charge < -0.3 is 14.7 Å². The number of rotatable bonds is 4. The highest BCUT2D eigenvalue weighted by Crippen LogP contribution is 2.23. The highest BCUT2D eigenvalue weighted by molar-refractivity contribution is 6.30. The first-order valence-corrected chi connectivity index (χ1v) is 7.90. The minimum absolute atomic E-state index is 0.0438. The summed E-state index contributed by atoms with van der Waals surface area (Å²) < 4.78 is 6.83. The third-order valence-electron chi connectivity index (χ3n) is 4.21. The van der Waals surface area contributed by atoms with Crippen LogP contribution in [0.1, 0.15) is 6.42 Å². The smallest absolute Gasteiger partial charge is 0.244 e. The van der Waals surface area contributed by atoms with Gasteiger partial charge in [0, 0.05) is 32.4 Å². The molecule has 0 radical (unpaired) electrons. The predicted octanol–water partition coefficient (Wildman–Crippen LogP) is -0.168. The first-order chi connectivity index (χ1) is 10.5. The zero-order valence-electron chi connectivity index (χ0n) is 12.4. The van der Waals surface area contributed by atoms with E-state index in [0.29, 0.717) is 44.3 Å². The van der Waals surface area contributed by atoms with Crippen LogP contribution in [0.2, 0.25) is 5.02 Å². The number of likely N-dealkylation sites (tertiary alicyclic amines) is 1. The number of carbonyl (C=O) groups excluding carboxylic acids is 1. The number of aromatic nitrogens is 2. The van der Waals surface area contributed by atoms with Gasteiger partial charge in [-0.25, -0.2) is 0 Å². The van der Waals surface area contributed by atoms with Crippen molar-refractivity contribution in [2.45, 2.75) is 18.6 Å². The number of hydrogen-bond donors (Lipinski definition) is 1. The number of hydrogen-bond acceptors (Lipinski definition) is 5. The lowest BCUT2D eigenvalue weighted by atomic mass is 10.0. The second kappa shape index (κ2) is 6.54. The average Bonchev–Trinajstić information content (AvgIpc) is 3.06. The van der Waals surface area contributed by atoms with E-state index in [0.717, 1.165) is 13.1 Å². The fourth-order valence-electron chi connectivity index (χ4n) is 3.04. The number of aliphatic hydroxyl groups is 1. The largest absolute Gasteiger partial charge is 0.387 e. The van der Waals surface area contributed by atoms with Crippen molar-refractivity contribution in [1.29, 1.82) is 0 Å². The van der Waals surface area contributed by atoms with Gasteiger partial charge in [0.2, 0.25) is 5.91 Å². The quantitative estimate of drug-likeness (QED) is 0.831. The lowest BCUT2D eigenvalue weighted by Gasteiger charge is -2.33. The van der Waals surface area contributed by atoms with Gasteiger partial charge in [0.15, 0.2) is 0 Å². The van der Waals surface area contributed by atoms with E-state index < -0.39 is 5.60 Å². The molecule has 1 atom stereocenters. The van der Waals surface area contributed by atoms with Crippen LogP contribution in [0, 0.1) is 0 Å². The van der Waals surface area contributed by atoms with E-state index in [1.807, 2.05) is 0 Å². The molecule has 3 rings (SSSR count). The van der Waals surface area contributed by atoms with E-state index in [9.17, 15) is 9.90 Å². The minimum atomic E-state index is -0.825. The van der Waals surface area contributed by atoms with E-state index >= 15 is 0 Å². The van der Waals surface area contributed by atoms with E-state index in [1.165, 1.54) is 10.9 Å². The molecule has 1 aromatic rings. The van der Waals surface area contributed by atoms with Crippen LogP contribution in [0.4, 0.5) is 0 Å². The number of halogens is 1. The SMILES string of the molecule is O=C(Cn1cc(Cl)cn1)N1CCC(O)(CN2CCOCC2)C1. The molecule has 0 aliphatic carbocycles. The standard InChI is InChI=1S/C14H21ClN4O3/c15-12-7-16-19(8-12)9-13(20)18-2-1-14(21,11-18)10-17-3-5-22-6-4-17/h7-8,21H,1-6,9-11H2. The second-order valence-corrected chi connectivity index (χ2v) is 6.47. The van der Waals surface area contributed by atoms with Crippen LogP contribution >= 0.6 is 11.6 Å². The zero-order valence-corrected chi connectivity index (χ0v) is 13.2. The first kappa shape index (κ1) is 15.7. The lowest BCUT2D eigenvalue weighted by Crippen LogP contribution is -2.49. The molecule has 2 aliphatic heterocycles. The monoisotopic (exact) mass is 328 g/mol. The molecule has 1 aromatic heterocycles. The van der Waals surface area contributed by atoms with Crippen LogP contribution in [-0.2, 0) is 16.1 Å². The molecule has 2 saturated heterocycles. The summed E-state index contributed by atoms with van der Waals surface area (Å²) in [6.45, 7) is 4.78. The van der Waals surface area contributed by atoms with Crippen molar-refractivity contribution >= 4 is 17.5 Å². The Morgan fingerprint density at radius 2 is 2.18 bits per heavy atom. The van der Waals surface area contributed by atoms with E-state index in [4.69, 9.17) is 16.3 Å². The highest BCUT2D eigenvalue weighted by Gasteiger charge is 2.39. The molecule has 7 nitrogen and oxygen atoms in total. The van der Waals surface area contributed by atoms with Gasteiger partial charge in [-0.05, 0) is 6.42 Å². The Balaban J connectivity index is 1.53. The van der Waals surface area contributed by atoms with Crippen molar-refractivity contribution in [1.82, 2.24) is 19.6 Å². The molecule has 1 N–H and O–H groups in total. The van der Waals surface area contributed by atoms with Gasteiger partial charge in [-0.1, -0.05) is 11.6 Å². The number of carbonyl (C=O) groups is 1. The summed E-state index contributed by atoms with van der Waals surface area (Å²) in [7, 11) is 0. The fraction of sp³-hybridized carbons (Fsp3) is 0.714. The molecule has 0 saturated carbocycles. The van der Waals surface area contributed by atoms with Crippen molar-refractivity contribution in [3.05, 3.63) is 17.4 Å². The predicted molar refractivity (Wildman–Crippen MR) is 80.6 cm³/mol. The summed E-state index contributed by atoms with van der Waals surface area (Å²) in [4.78, 5) is 16.2. The number of nitrogens with zero attached hydrogens (tertiary/aromatic N) is 4. The minimum Gasteiger partial charge on any atom is -0.387 e. The number of β-amino-alcohol motifs (C(OH)–C–C–N with tert-alkyl or cyclic N) is 1. The van der Waals surface area contributed by atoms with Crippen LogP contribution in [0.25, 0.3) is 0 Å². The van der Waals surface area contributed by atoms with Gasteiger partial charge in [0.25, 0.3) is 0 Å². The summed E-state index contributed by atoms with van der Waals surface area (Å²) in [6, 6.07) is 0. The summed E-state index contributed by atoms with van der Waals surface area (Å²) in [5.74, 6) is -0.0438. The molecular weight excluding hydrogens is 308 g/mol. The van der Waals surface area contributed by atoms with Crippen molar-refractivity contribution in [3.63, 3.8) is 0 Å². The third kappa shape index (κ3) is 3.78. The molecule has 0 bridgehead atoms. The second-order valence-electron chi connectivity index (χ2n) is 6.03. The Hall–Kier alpha value is -1.15. The molecule has 1 amide bonds. The van der Waals surface area contributed by atoms with Gasteiger partial charge in [-0.15, -0.1) is 0 Å². The van der Waals surface area contributed by atoms with Crippen molar-refractivity contribution in [3.8, 4) is 0 Å². The van der Waals surface area contributed by atoms with Gasteiger partial charge in [-0.2, -0.15) is 5.10 Å². The van der Waals surface area contributed by atoms with Gasteiger partial charge in [0.1, 0.15) is 6.54 Å². The van der Waals surface area contributed by atoms with E-state index in [1.54, 1.807) is 11.1 Å². The van der Waals surface area contributed by atoms with Crippen molar-refractivity contribution in [2.75, 3.05) is 45.9 Å². The molecular formula is C14H21ClN4O3. The zero-order chi connectivity index (χ0) is 15.6. The average molecular weight is 329 g/mol. The Bertz CT molecular complexity index is 532. The van der Waals surface area contributed by atoms with Crippen LogP contribution in [0.15, 0.2) is 12.4 Å². The number of ether oxygens (including phenoxy) is 1. The molecule has 8 heteroatoms. The lowest BCUT2D eigenvalue weighted by molar-refractivity contribution is -0.132. The maximum Gasteiger partial charge on any atom is 0.244 e. The van der Waals surface area contributed by atoms with E-state index in [-0.39, 0.29) is 12.5 Å². The molecule has 0 aromatic carbocycles. The topological polar surface area (TPSA) is 70.8 Å². The highest BCUT2D eigenvalue weighted by atomic mass is 35.5. The number of amides is 1. The third-order valence-corrected chi connectivity index (χ3v) is 4.40. The van der Waals surface area contributed by atoms with Crippen LogP contribution in [-0.4, -0.2) is 82.1 Å². The van der Waals surface area contributed by atoms with Crippen LogP contribution in [0.3, 0.4) is 0 Å². The Morgan fingerprint density at radius 1 is 1.41 bits per heavy atom. The summed E-state index contributed by atoms with van der Waals surface area (Å²) in [6.07, 6.45) is 3.74. The van der Waals surface area contributed by atoms with Gasteiger partial charge >= 0.3 is 0 Å². The normalized spacial score (nSPS) is 26.5.